The molecular formula is C22H31N5O2. The Morgan fingerprint density at radius 1 is 1.31 bits per heavy atom. The van der Waals surface area contributed by atoms with Crippen molar-refractivity contribution in [3.8, 4) is 0 Å². The molecule has 0 radical (unpaired) electrons. The number of hydrogen-bond donors (Lipinski definition) is 2. The fourth-order valence-corrected chi connectivity index (χ4v) is 4.18. The molecule has 2 aliphatic heterocycles. The van der Waals surface area contributed by atoms with Crippen molar-refractivity contribution in [3.05, 3.63) is 35.5 Å². The average Bonchev–Trinajstić information content (AvgIpc) is 3.21. The number of carbonyl (C=O) groups is 1. The lowest BCUT2D eigenvalue weighted by molar-refractivity contribution is 0.0137. The van der Waals surface area contributed by atoms with Gasteiger partial charge in [0.25, 0.3) is 0 Å². The molecule has 2 aliphatic rings. The van der Waals surface area contributed by atoms with Crippen LogP contribution in [0, 0.1) is 6.92 Å². The van der Waals surface area contributed by atoms with Gasteiger partial charge in [0.05, 0.1) is 12.6 Å². The number of H-pyrrole nitrogens is 1. The van der Waals surface area contributed by atoms with E-state index in [0.29, 0.717) is 19.6 Å². The summed E-state index contributed by atoms with van der Waals surface area (Å²) >= 11 is 0. The monoisotopic (exact) mass is 397 g/mol. The van der Waals surface area contributed by atoms with E-state index in [-0.39, 0.29) is 12.1 Å². The first kappa shape index (κ1) is 19.6. The summed E-state index contributed by atoms with van der Waals surface area (Å²) in [5, 5.41) is 4.82. The van der Waals surface area contributed by atoms with Crippen LogP contribution >= 0.6 is 0 Å². The number of fused-ring (bicyclic) bond motifs is 2. The Balaban J connectivity index is 1.31. The fourth-order valence-electron chi connectivity index (χ4n) is 4.18. The number of ether oxygens (including phenoxy) is 1. The van der Waals surface area contributed by atoms with E-state index in [4.69, 9.17) is 9.73 Å². The molecule has 0 bridgehead atoms. The van der Waals surface area contributed by atoms with Crippen LogP contribution in [0.15, 0.2) is 29.3 Å². The summed E-state index contributed by atoms with van der Waals surface area (Å²) in [6.45, 7) is 11.5. The number of benzene rings is 1. The molecule has 3 heterocycles. The molecule has 0 saturated carbocycles. The molecule has 1 fully saturated rings. The molecule has 1 aromatic carbocycles. The standard InChI is InChI=1S/C22H31N5O2/c1-15-17(18-7-5-6-8-19(18)25-15)9-10-23-20-24-13-16-14-26(11-12-27(16)20)21(28)29-22(2,3)4/h5-8,16,25H,9-14H2,1-4H3,(H,23,24). The van der Waals surface area contributed by atoms with Crippen molar-refractivity contribution in [2.24, 2.45) is 4.99 Å². The molecule has 1 atom stereocenters. The number of piperazine rings is 1. The third-order valence-corrected chi connectivity index (χ3v) is 5.54. The van der Waals surface area contributed by atoms with Gasteiger partial charge in [0.2, 0.25) is 0 Å². The van der Waals surface area contributed by atoms with Crippen LogP contribution in [0.5, 0.6) is 0 Å². The maximum atomic E-state index is 12.4. The Kier molecular flexibility index (Phi) is 5.15. The third-order valence-electron chi connectivity index (χ3n) is 5.54. The molecule has 1 saturated heterocycles. The van der Waals surface area contributed by atoms with Crippen LogP contribution in [0.4, 0.5) is 4.79 Å². The van der Waals surface area contributed by atoms with Gasteiger partial charge in [-0.25, -0.2) is 4.79 Å². The summed E-state index contributed by atoms with van der Waals surface area (Å²) in [6.07, 6.45) is 0.714. The minimum Gasteiger partial charge on any atom is -0.444 e. The normalized spacial score (nSPS) is 19.3. The second-order valence-corrected chi connectivity index (χ2v) is 8.89. The van der Waals surface area contributed by atoms with Gasteiger partial charge in [-0.05, 0) is 45.7 Å². The molecule has 0 spiro atoms. The Hall–Kier alpha value is -2.70. The highest BCUT2D eigenvalue weighted by atomic mass is 16.6. The number of carbonyl (C=O) groups excluding carboxylic acids is 1. The molecule has 1 aromatic heterocycles. The number of guanidine groups is 1. The second kappa shape index (κ2) is 7.61. The van der Waals surface area contributed by atoms with Crippen LogP contribution in [-0.2, 0) is 11.2 Å². The third kappa shape index (κ3) is 4.18. The smallest absolute Gasteiger partial charge is 0.410 e. The van der Waals surface area contributed by atoms with Crippen LogP contribution in [0.1, 0.15) is 32.0 Å². The number of nitrogens with zero attached hydrogens (tertiary/aromatic N) is 3. The first-order chi connectivity index (χ1) is 13.8. The Morgan fingerprint density at radius 2 is 2.10 bits per heavy atom. The first-order valence-corrected chi connectivity index (χ1v) is 10.4. The van der Waals surface area contributed by atoms with Gasteiger partial charge < -0.3 is 24.8 Å². The van der Waals surface area contributed by atoms with Crippen LogP contribution in [-0.4, -0.2) is 71.2 Å². The fraction of sp³-hybridized carbons (Fsp3) is 0.545. The predicted molar refractivity (Wildman–Crippen MR) is 115 cm³/mol. The molecule has 29 heavy (non-hydrogen) atoms. The summed E-state index contributed by atoms with van der Waals surface area (Å²) in [7, 11) is 0. The minimum atomic E-state index is -0.465. The molecule has 1 amide bonds. The van der Waals surface area contributed by atoms with Crippen molar-refractivity contribution in [1.82, 2.24) is 20.1 Å². The Labute approximate surface area is 172 Å². The van der Waals surface area contributed by atoms with Gasteiger partial charge in [-0.15, -0.1) is 0 Å². The van der Waals surface area contributed by atoms with E-state index < -0.39 is 5.60 Å². The highest BCUT2D eigenvalue weighted by Gasteiger charge is 2.36. The van der Waals surface area contributed by atoms with Crippen LogP contribution in [0.3, 0.4) is 0 Å². The summed E-state index contributed by atoms with van der Waals surface area (Å²) in [4.78, 5) is 24.6. The largest absolute Gasteiger partial charge is 0.444 e. The van der Waals surface area contributed by atoms with E-state index in [1.165, 1.54) is 22.2 Å². The molecular weight excluding hydrogens is 366 g/mol. The molecule has 4 rings (SSSR count). The van der Waals surface area contributed by atoms with Crippen molar-refractivity contribution in [3.63, 3.8) is 0 Å². The predicted octanol–water partition coefficient (Wildman–Crippen LogP) is 2.90. The number of rotatable bonds is 3. The molecule has 2 N–H and O–H groups in total. The molecule has 2 aromatic rings. The average molecular weight is 398 g/mol. The summed E-state index contributed by atoms with van der Waals surface area (Å²) in [5.41, 5.74) is 3.31. The lowest BCUT2D eigenvalue weighted by atomic mass is 10.1. The number of aryl methyl sites for hydroxylation is 1. The van der Waals surface area contributed by atoms with E-state index in [1.54, 1.807) is 4.90 Å². The van der Waals surface area contributed by atoms with Crippen molar-refractivity contribution in [2.45, 2.75) is 45.8 Å². The van der Waals surface area contributed by atoms with Crippen molar-refractivity contribution >= 4 is 23.0 Å². The zero-order chi connectivity index (χ0) is 20.6. The van der Waals surface area contributed by atoms with Gasteiger partial charge in [0.15, 0.2) is 5.96 Å². The van der Waals surface area contributed by atoms with Gasteiger partial charge in [-0.1, -0.05) is 18.2 Å². The molecule has 7 nitrogen and oxygen atoms in total. The lowest BCUT2D eigenvalue weighted by Crippen LogP contribution is -2.57. The Bertz CT molecular complexity index is 927. The highest BCUT2D eigenvalue weighted by Crippen LogP contribution is 2.22. The number of aliphatic imine (C=N–C) groups is 1. The number of aromatic amines is 1. The highest BCUT2D eigenvalue weighted by molar-refractivity contribution is 5.85. The lowest BCUT2D eigenvalue weighted by Gasteiger charge is -2.39. The molecule has 0 aliphatic carbocycles. The number of aromatic nitrogens is 1. The number of amides is 1. The van der Waals surface area contributed by atoms with Gasteiger partial charge in [0.1, 0.15) is 5.60 Å². The van der Waals surface area contributed by atoms with E-state index in [1.807, 2.05) is 20.8 Å². The Morgan fingerprint density at radius 3 is 2.90 bits per heavy atom. The van der Waals surface area contributed by atoms with Crippen LogP contribution in [0.25, 0.3) is 10.9 Å². The minimum absolute atomic E-state index is 0.228. The van der Waals surface area contributed by atoms with E-state index in [0.717, 1.165) is 25.5 Å². The molecule has 7 heteroatoms. The zero-order valence-corrected chi connectivity index (χ0v) is 17.8. The first-order valence-electron chi connectivity index (χ1n) is 10.4. The van der Waals surface area contributed by atoms with Gasteiger partial charge >= 0.3 is 6.09 Å². The summed E-state index contributed by atoms with van der Waals surface area (Å²) in [6, 6.07) is 8.67. The zero-order valence-electron chi connectivity index (χ0n) is 17.8. The van der Waals surface area contributed by atoms with Gasteiger partial charge in [-0.3, -0.25) is 4.99 Å². The van der Waals surface area contributed by atoms with Crippen molar-refractivity contribution in [2.75, 3.05) is 32.7 Å². The van der Waals surface area contributed by atoms with E-state index in [2.05, 4.69) is 46.4 Å². The van der Waals surface area contributed by atoms with Crippen LogP contribution < -0.4 is 5.32 Å². The SMILES string of the molecule is Cc1[nH]c2ccccc2c1CCNC1=NCC2CN(C(=O)OC(C)(C)C)CCN12. The van der Waals surface area contributed by atoms with E-state index >= 15 is 0 Å². The topological polar surface area (TPSA) is 73.0 Å². The number of nitrogens with one attached hydrogen (secondary N) is 2. The number of hydrogen-bond acceptors (Lipinski definition) is 5. The number of para-hydroxylation sites is 1. The van der Waals surface area contributed by atoms with E-state index in [9.17, 15) is 4.79 Å². The van der Waals surface area contributed by atoms with Crippen molar-refractivity contribution < 1.29 is 9.53 Å². The maximum absolute atomic E-state index is 12.4. The molecule has 1 unspecified atom stereocenters. The van der Waals surface area contributed by atoms with Gasteiger partial charge in [0, 0.05) is 42.8 Å². The quantitative estimate of drug-likeness (QED) is 0.835. The van der Waals surface area contributed by atoms with Gasteiger partial charge in [-0.2, -0.15) is 0 Å². The van der Waals surface area contributed by atoms with Crippen molar-refractivity contribution in [1.29, 1.82) is 0 Å². The second-order valence-electron chi connectivity index (χ2n) is 8.89. The summed E-state index contributed by atoms with van der Waals surface area (Å²) in [5.74, 6) is 0.955. The van der Waals surface area contributed by atoms with Crippen LogP contribution in [0.2, 0.25) is 0 Å². The molecule has 156 valence electrons. The maximum Gasteiger partial charge on any atom is 0.410 e. The summed E-state index contributed by atoms with van der Waals surface area (Å²) < 4.78 is 5.52.